The molecule has 25 heavy (non-hydrogen) atoms. The summed E-state index contributed by atoms with van der Waals surface area (Å²) in [5.41, 5.74) is 2.40. The third kappa shape index (κ3) is 3.24. The Hall–Kier alpha value is -3.13. The van der Waals surface area contributed by atoms with Crippen LogP contribution < -0.4 is 10.9 Å². The van der Waals surface area contributed by atoms with Crippen LogP contribution in [0, 0.1) is 6.92 Å². The van der Waals surface area contributed by atoms with Crippen LogP contribution in [0.4, 0.5) is 10.9 Å². The van der Waals surface area contributed by atoms with Gasteiger partial charge in [0.1, 0.15) is 5.82 Å². The lowest BCUT2D eigenvalue weighted by atomic mass is 10.3. The Bertz CT molecular complexity index is 1090. The summed E-state index contributed by atoms with van der Waals surface area (Å²) in [6, 6.07) is 9.15. The molecule has 0 amide bonds. The lowest BCUT2D eigenvalue weighted by Gasteiger charge is -2.07. The monoisotopic (exact) mass is 350 g/mol. The first-order valence-electron chi connectivity index (χ1n) is 7.64. The van der Waals surface area contributed by atoms with E-state index in [1.807, 2.05) is 30.5 Å². The van der Waals surface area contributed by atoms with Gasteiger partial charge in [-0.1, -0.05) is 6.07 Å². The van der Waals surface area contributed by atoms with Crippen LogP contribution in [-0.4, -0.2) is 24.5 Å². The number of aromatic nitrogens is 5. The van der Waals surface area contributed by atoms with Crippen LogP contribution in [0.15, 0.2) is 53.0 Å². The van der Waals surface area contributed by atoms with Crippen molar-refractivity contribution in [3.8, 4) is 0 Å². The van der Waals surface area contributed by atoms with E-state index in [-0.39, 0.29) is 5.56 Å². The minimum atomic E-state index is -0.199. The van der Waals surface area contributed by atoms with Crippen LogP contribution in [0.25, 0.3) is 11.0 Å². The van der Waals surface area contributed by atoms with Gasteiger partial charge in [-0.3, -0.25) is 14.3 Å². The summed E-state index contributed by atoms with van der Waals surface area (Å²) in [6.45, 7) is 2.28. The van der Waals surface area contributed by atoms with E-state index in [0.29, 0.717) is 23.4 Å². The van der Waals surface area contributed by atoms with Gasteiger partial charge >= 0.3 is 0 Å². The summed E-state index contributed by atoms with van der Waals surface area (Å²) in [5, 5.41) is 5.81. The number of anilines is 2. The third-order valence-corrected chi connectivity index (χ3v) is 4.46. The number of aryl methyl sites for hydroxylation is 1. The van der Waals surface area contributed by atoms with Gasteiger partial charge in [-0.05, 0) is 31.2 Å². The molecule has 0 aliphatic carbocycles. The largest absolute Gasteiger partial charge is 0.316 e. The van der Waals surface area contributed by atoms with Gasteiger partial charge in [0.05, 0.1) is 29.8 Å². The lowest BCUT2D eigenvalue weighted by molar-refractivity contribution is 0.728. The average Bonchev–Trinajstić information content (AvgIpc) is 3.03. The molecule has 0 spiro atoms. The predicted octanol–water partition coefficient (Wildman–Crippen LogP) is 2.74. The number of thiazole rings is 1. The summed E-state index contributed by atoms with van der Waals surface area (Å²) >= 11 is 1.49. The second-order valence-electron chi connectivity index (χ2n) is 5.48. The van der Waals surface area contributed by atoms with E-state index in [9.17, 15) is 4.79 Å². The van der Waals surface area contributed by atoms with Gasteiger partial charge in [0.2, 0.25) is 0 Å². The molecule has 0 saturated heterocycles. The SMILES string of the molecule is Cc1csc(Nc2ccc3ncn(Cc4ccccn4)c(=O)c3n2)n1. The molecule has 4 aromatic heterocycles. The van der Waals surface area contributed by atoms with Gasteiger partial charge in [-0.2, -0.15) is 0 Å². The maximum atomic E-state index is 12.7. The quantitative estimate of drug-likeness (QED) is 0.609. The minimum Gasteiger partial charge on any atom is -0.316 e. The molecule has 1 N–H and O–H groups in total. The van der Waals surface area contributed by atoms with Crippen molar-refractivity contribution in [1.82, 2.24) is 24.5 Å². The highest BCUT2D eigenvalue weighted by molar-refractivity contribution is 7.13. The molecule has 124 valence electrons. The molecule has 7 nitrogen and oxygen atoms in total. The number of pyridine rings is 2. The number of rotatable bonds is 4. The van der Waals surface area contributed by atoms with Crippen LogP contribution in [0.1, 0.15) is 11.4 Å². The third-order valence-electron chi connectivity index (χ3n) is 3.59. The van der Waals surface area contributed by atoms with Gasteiger partial charge in [0, 0.05) is 11.6 Å². The Balaban J connectivity index is 1.70. The van der Waals surface area contributed by atoms with Gasteiger partial charge in [0.25, 0.3) is 5.56 Å². The number of nitrogens with one attached hydrogen (secondary N) is 1. The Kier molecular flexibility index (Phi) is 3.95. The zero-order chi connectivity index (χ0) is 17.2. The first kappa shape index (κ1) is 15.4. The van der Waals surface area contributed by atoms with Crippen LogP contribution in [0.5, 0.6) is 0 Å². The highest BCUT2D eigenvalue weighted by Gasteiger charge is 2.09. The second kappa shape index (κ2) is 6.40. The zero-order valence-electron chi connectivity index (χ0n) is 13.4. The van der Waals surface area contributed by atoms with E-state index < -0.39 is 0 Å². The molecule has 4 rings (SSSR count). The maximum absolute atomic E-state index is 12.7. The molecule has 4 aromatic rings. The molecule has 0 aliphatic rings. The van der Waals surface area contributed by atoms with Crippen molar-refractivity contribution in [2.45, 2.75) is 13.5 Å². The van der Waals surface area contributed by atoms with Gasteiger partial charge in [-0.25, -0.2) is 15.0 Å². The van der Waals surface area contributed by atoms with E-state index in [2.05, 4.69) is 25.3 Å². The molecule has 4 heterocycles. The molecule has 0 fully saturated rings. The lowest BCUT2D eigenvalue weighted by Crippen LogP contribution is -2.22. The zero-order valence-corrected chi connectivity index (χ0v) is 14.2. The summed E-state index contributed by atoms with van der Waals surface area (Å²) in [5.74, 6) is 0.566. The Morgan fingerprint density at radius 2 is 2.08 bits per heavy atom. The Labute approximate surface area is 147 Å². The van der Waals surface area contributed by atoms with Crippen LogP contribution in [0.3, 0.4) is 0 Å². The molecule has 8 heteroatoms. The van der Waals surface area contributed by atoms with Crippen LogP contribution in [-0.2, 0) is 6.54 Å². The second-order valence-corrected chi connectivity index (χ2v) is 6.34. The van der Waals surface area contributed by atoms with Crippen molar-refractivity contribution < 1.29 is 0 Å². The van der Waals surface area contributed by atoms with Crippen LogP contribution in [0.2, 0.25) is 0 Å². The average molecular weight is 350 g/mol. The molecule has 0 unspecified atom stereocenters. The molecule has 0 aromatic carbocycles. The van der Waals surface area contributed by atoms with Crippen molar-refractivity contribution in [3.05, 3.63) is 70.0 Å². The first-order chi connectivity index (χ1) is 12.2. The number of fused-ring (bicyclic) bond motifs is 1. The van der Waals surface area contributed by atoms with Gasteiger partial charge < -0.3 is 5.32 Å². The van der Waals surface area contributed by atoms with Crippen molar-refractivity contribution in [2.24, 2.45) is 0 Å². The Morgan fingerprint density at radius 1 is 1.16 bits per heavy atom. The Morgan fingerprint density at radius 3 is 2.84 bits per heavy atom. The molecule has 0 bridgehead atoms. The molecule has 0 atom stereocenters. The van der Waals surface area contributed by atoms with E-state index in [0.717, 1.165) is 16.5 Å². The van der Waals surface area contributed by atoms with E-state index in [1.54, 1.807) is 18.3 Å². The fraction of sp³-hybridized carbons (Fsp3) is 0.118. The molecule has 0 aliphatic heterocycles. The molecular weight excluding hydrogens is 336 g/mol. The normalized spacial score (nSPS) is 10.9. The molecular formula is C17H14N6OS. The maximum Gasteiger partial charge on any atom is 0.280 e. The topological polar surface area (TPSA) is 85.6 Å². The predicted molar refractivity (Wildman–Crippen MR) is 97.3 cm³/mol. The highest BCUT2D eigenvalue weighted by atomic mass is 32.1. The number of nitrogens with zero attached hydrogens (tertiary/aromatic N) is 5. The fourth-order valence-electron chi connectivity index (χ4n) is 2.40. The van der Waals surface area contributed by atoms with E-state index in [1.165, 1.54) is 22.2 Å². The van der Waals surface area contributed by atoms with Gasteiger partial charge in [-0.15, -0.1) is 11.3 Å². The summed E-state index contributed by atoms with van der Waals surface area (Å²) in [6.07, 6.45) is 3.23. The minimum absolute atomic E-state index is 0.199. The van der Waals surface area contributed by atoms with Crippen LogP contribution >= 0.6 is 11.3 Å². The molecule has 0 saturated carbocycles. The van der Waals surface area contributed by atoms with E-state index >= 15 is 0 Å². The first-order valence-corrected chi connectivity index (χ1v) is 8.52. The standard InChI is InChI=1S/C17H14N6OS/c1-11-9-25-17(20-11)22-14-6-5-13-15(21-14)16(24)23(10-19-13)8-12-4-2-3-7-18-12/h2-7,9-10H,8H2,1H3,(H,20,21,22). The van der Waals surface area contributed by atoms with E-state index in [4.69, 9.17) is 0 Å². The van der Waals surface area contributed by atoms with Crippen molar-refractivity contribution in [3.63, 3.8) is 0 Å². The smallest absolute Gasteiger partial charge is 0.280 e. The van der Waals surface area contributed by atoms with Crippen molar-refractivity contribution in [2.75, 3.05) is 5.32 Å². The highest BCUT2D eigenvalue weighted by Crippen LogP contribution is 2.20. The fourth-order valence-corrected chi connectivity index (χ4v) is 3.10. The molecule has 0 radical (unpaired) electrons. The van der Waals surface area contributed by atoms with Crippen molar-refractivity contribution >= 4 is 33.3 Å². The summed E-state index contributed by atoms with van der Waals surface area (Å²) < 4.78 is 1.51. The van der Waals surface area contributed by atoms with Crippen molar-refractivity contribution in [1.29, 1.82) is 0 Å². The summed E-state index contributed by atoms with van der Waals surface area (Å²) in [7, 11) is 0. The number of hydrogen-bond donors (Lipinski definition) is 1. The van der Waals surface area contributed by atoms with Gasteiger partial charge in [0.15, 0.2) is 10.6 Å². The number of hydrogen-bond acceptors (Lipinski definition) is 7. The summed E-state index contributed by atoms with van der Waals surface area (Å²) in [4.78, 5) is 30.1.